The number of hydrogen-bond acceptors (Lipinski definition) is 1. The van der Waals surface area contributed by atoms with E-state index in [0.29, 0.717) is 11.3 Å². The van der Waals surface area contributed by atoms with Gasteiger partial charge in [0.15, 0.2) is 5.69 Å². The van der Waals surface area contributed by atoms with Crippen molar-refractivity contribution in [2.75, 3.05) is 0 Å². The van der Waals surface area contributed by atoms with Crippen LogP contribution in [-0.2, 0) is 0 Å². The van der Waals surface area contributed by atoms with Crippen LogP contribution in [0.3, 0.4) is 0 Å². The van der Waals surface area contributed by atoms with E-state index < -0.39 is 0 Å². The third-order valence-electron chi connectivity index (χ3n) is 11.1. The van der Waals surface area contributed by atoms with E-state index in [0.717, 1.165) is 72.1 Å². The van der Waals surface area contributed by atoms with Gasteiger partial charge in [0.2, 0.25) is 0 Å². The van der Waals surface area contributed by atoms with Gasteiger partial charge in [0, 0.05) is 38.2 Å². The number of nitriles is 1. The second kappa shape index (κ2) is 11.8. The molecule has 0 spiro atoms. The first-order valence-corrected chi connectivity index (χ1v) is 18.3. The second-order valence-corrected chi connectivity index (χ2v) is 13.9. The van der Waals surface area contributed by atoms with Crippen LogP contribution >= 0.6 is 0 Å². The lowest BCUT2D eigenvalue weighted by atomic mass is 9.99. The van der Waals surface area contributed by atoms with Crippen LogP contribution in [0.1, 0.15) is 5.56 Å². The second-order valence-electron chi connectivity index (χ2n) is 13.9. The van der Waals surface area contributed by atoms with Crippen LogP contribution in [0.2, 0.25) is 0 Å². The van der Waals surface area contributed by atoms with Crippen LogP contribution in [0.25, 0.3) is 98.5 Å². The van der Waals surface area contributed by atoms with Gasteiger partial charge in [0.1, 0.15) is 6.07 Å². The van der Waals surface area contributed by atoms with Gasteiger partial charge in [-0.3, -0.25) is 0 Å². The molecule has 254 valence electrons. The summed E-state index contributed by atoms with van der Waals surface area (Å²) in [7, 11) is 0. The Bertz CT molecular complexity index is 3350. The van der Waals surface area contributed by atoms with Gasteiger partial charge in [-0.05, 0) is 77.7 Å². The Kier molecular flexibility index (Phi) is 6.61. The molecule has 0 aliphatic carbocycles. The predicted molar refractivity (Wildman–Crippen MR) is 226 cm³/mol. The van der Waals surface area contributed by atoms with E-state index in [4.69, 9.17) is 6.57 Å². The average Bonchev–Trinajstić information content (AvgIpc) is 3.89. The van der Waals surface area contributed by atoms with Crippen LogP contribution in [0.15, 0.2) is 176 Å². The SMILES string of the molecule is [C-]#[N+]c1ccc2c(c1)c1c(-n3c4ccccc4c4ccccc43)cccc1n2-c1c(C#N)cccc1-c1ccc(-n2c3ccccc3c3ccccc32)cc1. The number of nitrogens with zero attached hydrogens (tertiary/aromatic N) is 5. The number of benzene rings is 8. The fraction of sp³-hybridized carbons (Fsp3) is 0. The summed E-state index contributed by atoms with van der Waals surface area (Å²) in [6, 6.07) is 63.6. The van der Waals surface area contributed by atoms with Crippen molar-refractivity contribution in [2.45, 2.75) is 0 Å². The van der Waals surface area contributed by atoms with Crippen molar-refractivity contribution in [3.05, 3.63) is 193 Å². The first-order valence-electron chi connectivity index (χ1n) is 18.3. The molecule has 5 nitrogen and oxygen atoms in total. The maximum Gasteiger partial charge on any atom is 0.188 e. The summed E-state index contributed by atoms with van der Waals surface area (Å²) >= 11 is 0. The molecular formula is C50H29N5. The summed E-state index contributed by atoms with van der Waals surface area (Å²) in [6.45, 7) is 7.94. The molecule has 0 radical (unpaired) electrons. The molecule has 0 bridgehead atoms. The highest BCUT2D eigenvalue weighted by Crippen LogP contribution is 2.43. The molecule has 3 heterocycles. The quantitative estimate of drug-likeness (QED) is 0.169. The van der Waals surface area contributed by atoms with Crippen LogP contribution in [-0.4, -0.2) is 13.7 Å². The van der Waals surface area contributed by atoms with E-state index in [1.54, 1.807) is 0 Å². The Balaban J connectivity index is 1.18. The highest BCUT2D eigenvalue weighted by Gasteiger charge is 2.23. The molecule has 8 aromatic carbocycles. The van der Waals surface area contributed by atoms with Crippen molar-refractivity contribution < 1.29 is 0 Å². The zero-order chi connectivity index (χ0) is 36.6. The summed E-state index contributed by atoms with van der Waals surface area (Å²) in [5, 5.41) is 17.5. The molecule has 0 aliphatic rings. The molecule has 3 aromatic heterocycles. The third kappa shape index (κ3) is 4.39. The van der Waals surface area contributed by atoms with Crippen LogP contribution in [0.4, 0.5) is 5.69 Å². The van der Waals surface area contributed by atoms with Gasteiger partial charge < -0.3 is 13.7 Å². The minimum atomic E-state index is 0.568. The summed E-state index contributed by atoms with van der Waals surface area (Å²) in [6.07, 6.45) is 0. The Labute approximate surface area is 316 Å². The van der Waals surface area contributed by atoms with Crippen molar-refractivity contribution in [3.8, 4) is 34.3 Å². The summed E-state index contributed by atoms with van der Waals surface area (Å²) in [4.78, 5) is 3.85. The van der Waals surface area contributed by atoms with Crippen molar-refractivity contribution in [1.82, 2.24) is 13.7 Å². The number of aromatic nitrogens is 3. The van der Waals surface area contributed by atoms with Crippen LogP contribution < -0.4 is 0 Å². The monoisotopic (exact) mass is 699 g/mol. The minimum absolute atomic E-state index is 0.568. The predicted octanol–water partition coefficient (Wildman–Crippen LogP) is 13.1. The molecule has 0 N–H and O–H groups in total. The molecule has 0 unspecified atom stereocenters. The molecule has 0 aliphatic heterocycles. The average molecular weight is 700 g/mol. The van der Waals surface area contributed by atoms with E-state index >= 15 is 0 Å². The molecule has 0 atom stereocenters. The largest absolute Gasteiger partial charge is 0.309 e. The van der Waals surface area contributed by atoms with Gasteiger partial charge in [-0.15, -0.1) is 0 Å². The molecule has 5 heteroatoms. The number of para-hydroxylation sites is 5. The number of fused-ring (bicyclic) bond motifs is 9. The Hall–Kier alpha value is -7.86. The maximum absolute atomic E-state index is 10.7. The lowest BCUT2D eigenvalue weighted by Crippen LogP contribution is -2.01. The molecule has 0 saturated carbocycles. The van der Waals surface area contributed by atoms with Gasteiger partial charge in [0.25, 0.3) is 0 Å². The summed E-state index contributed by atoms with van der Waals surface area (Å²) in [5.74, 6) is 0. The van der Waals surface area contributed by atoms with Crippen molar-refractivity contribution >= 4 is 71.1 Å². The molecule has 0 fully saturated rings. The summed E-state index contributed by atoms with van der Waals surface area (Å²) < 4.78 is 6.88. The molecule has 55 heavy (non-hydrogen) atoms. The molecule has 0 amide bonds. The fourth-order valence-electron chi connectivity index (χ4n) is 8.82. The Morgan fingerprint density at radius 1 is 0.455 bits per heavy atom. The number of hydrogen-bond donors (Lipinski definition) is 0. The van der Waals surface area contributed by atoms with Gasteiger partial charge in [-0.25, -0.2) is 4.85 Å². The van der Waals surface area contributed by atoms with E-state index in [-0.39, 0.29) is 0 Å². The smallest absolute Gasteiger partial charge is 0.188 e. The molecule has 11 aromatic rings. The summed E-state index contributed by atoms with van der Waals surface area (Å²) in [5.41, 5.74) is 12.4. The maximum atomic E-state index is 10.7. The first kappa shape index (κ1) is 30.7. The van der Waals surface area contributed by atoms with Crippen LogP contribution in [0.5, 0.6) is 0 Å². The van der Waals surface area contributed by atoms with Crippen LogP contribution in [0, 0.1) is 17.9 Å². The highest BCUT2D eigenvalue weighted by molar-refractivity contribution is 6.17. The van der Waals surface area contributed by atoms with Crippen molar-refractivity contribution in [3.63, 3.8) is 0 Å². The van der Waals surface area contributed by atoms with E-state index in [2.05, 4.69) is 170 Å². The fourth-order valence-corrected chi connectivity index (χ4v) is 8.82. The van der Waals surface area contributed by atoms with E-state index in [1.807, 2.05) is 30.3 Å². The normalized spacial score (nSPS) is 11.6. The Morgan fingerprint density at radius 3 is 1.56 bits per heavy atom. The van der Waals surface area contributed by atoms with Crippen molar-refractivity contribution in [2.24, 2.45) is 0 Å². The zero-order valence-corrected chi connectivity index (χ0v) is 29.5. The number of rotatable bonds is 4. The topological polar surface area (TPSA) is 42.9 Å². The van der Waals surface area contributed by atoms with Gasteiger partial charge in [-0.1, -0.05) is 109 Å². The lowest BCUT2D eigenvalue weighted by Gasteiger charge is -2.17. The lowest BCUT2D eigenvalue weighted by molar-refractivity contribution is 1.16. The van der Waals surface area contributed by atoms with Gasteiger partial charge in [0.05, 0.1) is 56.6 Å². The minimum Gasteiger partial charge on any atom is -0.309 e. The molecule has 0 saturated heterocycles. The molecule has 11 rings (SSSR count). The standard InChI is InChI=1S/C50H29N5/c1-52-34-26-29-46-41(30-34)49-47(54-44-20-8-4-15-39(44)40-16-5-9-21-45(40)54)22-11-23-48(49)55(46)50-33(31-51)12-10-17-36(50)32-24-27-35(28-25-32)53-42-18-6-2-13-37(42)38-14-3-7-19-43(38)53/h2-30H. The highest BCUT2D eigenvalue weighted by atomic mass is 15.0. The van der Waals surface area contributed by atoms with E-state index in [1.165, 1.54) is 21.5 Å². The first-order chi connectivity index (χ1) is 27.2. The molecular weight excluding hydrogens is 671 g/mol. The zero-order valence-electron chi connectivity index (χ0n) is 29.5. The van der Waals surface area contributed by atoms with Gasteiger partial charge >= 0.3 is 0 Å². The van der Waals surface area contributed by atoms with Crippen molar-refractivity contribution in [1.29, 1.82) is 5.26 Å². The Morgan fingerprint density at radius 2 is 0.982 bits per heavy atom. The van der Waals surface area contributed by atoms with Gasteiger partial charge in [-0.2, -0.15) is 5.26 Å². The third-order valence-corrected chi connectivity index (χ3v) is 11.1. The van der Waals surface area contributed by atoms with E-state index in [9.17, 15) is 5.26 Å².